The molecule has 18 heavy (non-hydrogen) atoms. The van der Waals surface area contributed by atoms with Gasteiger partial charge >= 0.3 is 5.97 Å². The summed E-state index contributed by atoms with van der Waals surface area (Å²) in [5, 5.41) is 6.21. The summed E-state index contributed by atoms with van der Waals surface area (Å²) < 4.78 is 5.34. The van der Waals surface area contributed by atoms with Crippen molar-refractivity contribution < 1.29 is 9.53 Å². The van der Waals surface area contributed by atoms with Crippen LogP contribution in [0.25, 0.3) is 0 Å². The van der Waals surface area contributed by atoms with Gasteiger partial charge in [-0.1, -0.05) is 6.58 Å². The Bertz CT molecular complexity index is 289. The Morgan fingerprint density at radius 1 is 1.50 bits per heavy atom. The number of nitrogens with one attached hydrogen (secondary N) is 2. The Morgan fingerprint density at radius 2 is 2.17 bits per heavy atom. The van der Waals surface area contributed by atoms with Crippen molar-refractivity contribution in [3.05, 3.63) is 18.4 Å². The summed E-state index contributed by atoms with van der Waals surface area (Å²) in [6, 6.07) is -0.235. The highest BCUT2D eigenvalue weighted by Gasteiger charge is 2.23. The highest BCUT2D eigenvalue weighted by molar-refractivity contribution is 5.76. The smallest absolute Gasteiger partial charge is 0.323 e. The molecule has 4 heteroatoms. The van der Waals surface area contributed by atoms with Crippen LogP contribution in [-0.2, 0) is 9.53 Å². The van der Waals surface area contributed by atoms with Crippen LogP contribution in [0, 0.1) is 0 Å². The van der Waals surface area contributed by atoms with Crippen molar-refractivity contribution in [2.45, 2.75) is 45.3 Å². The number of esters is 1. The average Bonchev–Trinajstić information content (AvgIpc) is 2.25. The lowest BCUT2D eigenvalue weighted by molar-refractivity contribution is -0.157. The van der Waals surface area contributed by atoms with Gasteiger partial charge in [-0.2, -0.15) is 0 Å². The Labute approximate surface area is 110 Å². The Balaban J connectivity index is 3.89. The summed E-state index contributed by atoms with van der Waals surface area (Å²) in [6.45, 7) is 10.7. The summed E-state index contributed by atoms with van der Waals surface area (Å²) in [7, 11) is 1.78. The normalized spacial score (nSPS) is 12.7. The Hall–Kier alpha value is -1.09. The molecule has 0 aliphatic carbocycles. The second kappa shape index (κ2) is 8.92. The highest BCUT2D eigenvalue weighted by Crippen LogP contribution is 2.10. The zero-order valence-electron chi connectivity index (χ0n) is 12.0. The maximum absolute atomic E-state index is 11.8. The van der Waals surface area contributed by atoms with Crippen LogP contribution in [0.4, 0.5) is 0 Å². The van der Waals surface area contributed by atoms with Crippen molar-refractivity contribution in [1.82, 2.24) is 10.6 Å². The minimum atomic E-state index is -0.431. The lowest BCUT2D eigenvalue weighted by atomic mass is 10.1. The van der Waals surface area contributed by atoms with E-state index >= 15 is 0 Å². The van der Waals surface area contributed by atoms with Crippen LogP contribution < -0.4 is 10.6 Å². The van der Waals surface area contributed by atoms with Gasteiger partial charge in [-0.05, 0) is 53.3 Å². The summed E-state index contributed by atoms with van der Waals surface area (Å²) in [4.78, 5) is 11.8. The van der Waals surface area contributed by atoms with Crippen molar-refractivity contribution in [2.24, 2.45) is 0 Å². The van der Waals surface area contributed by atoms with Crippen molar-refractivity contribution in [2.75, 3.05) is 20.1 Å². The summed E-state index contributed by atoms with van der Waals surface area (Å²) in [6.07, 6.45) is 3.51. The van der Waals surface area contributed by atoms with Crippen molar-refractivity contribution in [3.8, 4) is 0 Å². The van der Waals surface area contributed by atoms with E-state index in [1.807, 2.05) is 26.8 Å². The molecule has 0 saturated carbocycles. The molecule has 0 aliphatic rings. The fourth-order valence-corrected chi connectivity index (χ4v) is 1.43. The highest BCUT2D eigenvalue weighted by atomic mass is 16.6. The maximum Gasteiger partial charge on any atom is 0.323 e. The van der Waals surface area contributed by atoms with E-state index in [2.05, 4.69) is 22.9 Å². The van der Waals surface area contributed by atoms with Gasteiger partial charge in [0.1, 0.15) is 11.6 Å². The van der Waals surface area contributed by atoms with Crippen molar-refractivity contribution in [1.29, 1.82) is 0 Å². The fraction of sp³-hybridized carbons (Fsp3) is 0.714. The van der Waals surface area contributed by atoms with E-state index in [1.54, 1.807) is 7.05 Å². The number of likely N-dealkylation sites (N-methyl/N-ethyl adjacent to an activating group) is 1. The molecule has 0 rings (SSSR count). The topological polar surface area (TPSA) is 50.4 Å². The van der Waals surface area contributed by atoms with Gasteiger partial charge in [0.05, 0.1) is 0 Å². The first kappa shape index (κ1) is 16.9. The first-order valence-electron chi connectivity index (χ1n) is 6.36. The molecular weight excluding hydrogens is 228 g/mol. The summed E-state index contributed by atoms with van der Waals surface area (Å²) in [5.74, 6) is -0.184. The number of hydrogen-bond acceptors (Lipinski definition) is 4. The van der Waals surface area contributed by atoms with Crippen molar-refractivity contribution >= 4 is 5.97 Å². The van der Waals surface area contributed by atoms with E-state index in [-0.39, 0.29) is 12.0 Å². The van der Waals surface area contributed by atoms with Gasteiger partial charge in [0, 0.05) is 6.54 Å². The third kappa shape index (κ3) is 8.99. The zero-order chi connectivity index (χ0) is 14.0. The molecule has 1 unspecified atom stereocenters. The number of carbonyl (C=O) groups excluding carboxylic acids is 1. The molecule has 0 aromatic rings. The van der Waals surface area contributed by atoms with Gasteiger partial charge < -0.3 is 15.4 Å². The van der Waals surface area contributed by atoms with Gasteiger partial charge in [-0.15, -0.1) is 5.73 Å². The van der Waals surface area contributed by atoms with E-state index < -0.39 is 5.60 Å². The molecule has 0 heterocycles. The zero-order valence-corrected chi connectivity index (χ0v) is 12.0. The SMILES string of the molecule is C=C=CCNCCCC(NC)C(=O)OC(C)(C)C. The van der Waals surface area contributed by atoms with Crippen LogP contribution in [-0.4, -0.2) is 37.7 Å². The average molecular weight is 254 g/mol. The van der Waals surface area contributed by atoms with Gasteiger partial charge in [0.25, 0.3) is 0 Å². The predicted octanol–water partition coefficient (Wildman–Crippen LogP) is 1.63. The van der Waals surface area contributed by atoms with E-state index in [1.165, 1.54) is 0 Å². The largest absolute Gasteiger partial charge is 0.459 e. The number of rotatable bonds is 8. The number of ether oxygens (including phenoxy) is 1. The molecule has 0 spiro atoms. The second-order valence-electron chi connectivity index (χ2n) is 5.13. The van der Waals surface area contributed by atoms with E-state index in [0.717, 1.165) is 25.9 Å². The molecule has 0 aliphatic heterocycles. The molecular formula is C14H26N2O2. The molecule has 0 bridgehead atoms. The van der Waals surface area contributed by atoms with Crippen LogP contribution >= 0.6 is 0 Å². The molecule has 1 atom stereocenters. The van der Waals surface area contributed by atoms with Crippen molar-refractivity contribution in [3.63, 3.8) is 0 Å². The minimum absolute atomic E-state index is 0.184. The Kier molecular flexibility index (Phi) is 8.38. The lowest BCUT2D eigenvalue weighted by Crippen LogP contribution is -2.39. The second-order valence-corrected chi connectivity index (χ2v) is 5.13. The van der Waals surface area contributed by atoms with Crippen LogP contribution in [0.1, 0.15) is 33.6 Å². The van der Waals surface area contributed by atoms with Crippen LogP contribution in [0.2, 0.25) is 0 Å². The Morgan fingerprint density at radius 3 is 2.67 bits per heavy atom. The molecule has 0 aromatic carbocycles. The number of hydrogen-bond donors (Lipinski definition) is 2. The summed E-state index contributed by atoms with van der Waals surface area (Å²) in [5.41, 5.74) is 2.27. The van der Waals surface area contributed by atoms with Crippen LogP contribution in [0.3, 0.4) is 0 Å². The molecule has 2 N–H and O–H groups in total. The van der Waals surface area contributed by atoms with Gasteiger partial charge in [0.2, 0.25) is 0 Å². The van der Waals surface area contributed by atoms with Gasteiger partial charge in [0.15, 0.2) is 0 Å². The van der Waals surface area contributed by atoms with E-state index in [4.69, 9.17) is 4.74 Å². The quantitative estimate of drug-likeness (QED) is 0.393. The van der Waals surface area contributed by atoms with E-state index in [9.17, 15) is 4.79 Å². The predicted molar refractivity (Wildman–Crippen MR) is 74.5 cm³/mol. The van der Waals surface area contributed by atoms with Gasteiger partial charge in [-0.3, -0.25) is 4.79 Å². The van der Waals surface area contributed by atoms with Crippen LogP contribution in [0.5, 0.6) is 0 Å². The van der Waals surface area contributed by atoms with E-state index in [0.29, 0.717) is 0 Å². The first-order chi connectivity index (χ1) is 8.40. The summed E-state index contributed by atoms with van der Waals surface area (Å²) >= 11 is 0. The minimum Gasteiger partial charge on any atom is -0.459 e. The third-order valence-corrected chi connectivity index (χ3v) is 2.28. The monoisotopic (exact) mass is 254 g/mol. The molecule has 4 nitrogen and oxygen atoms in total. The van der Waals surface area contributed by atoms with Gasteiger partial charge in [-0.25, -0.2) is 0 Å². The number of carbonyl (C=O) groups is 1. The molecule has 104 valence electrons. The molecule has 0 aromatic heterocycles. The third-order valence-electron chi connectivity index (χ3n) is 2.28. The fourth-order valence-electron chi connectivity index (χ4n) is 1.43. The molecule has 0 saturated heterocycles. The molecule has 0 radical (unpaired) electrons. The maximum atomic E-state index is 11.8. The van der Waals surface area contributed by atoms with Crippen LogP contribution in [0.15, 0.2) is 18.4 Å². The molecule has 0 fully saturated rings. The first-order valence-corrected chi connectivity index (χ1v) is 6.36. The lowest BCUT2D eigenvalue weighted by Gasteiger charge is -2.23. The standard InChI is InChI=1S/C14H26N2O2/c1-6-7-10-16-11-8-9-12(15-5)13(17)18-14(2,3)4/h7,12,15-16H,1,8-11H2,2-5H3. The molecule has 0 amide bonds.